The molecule has 0 radical (unpaired) electrons. The summed E-state index contributed by atoms with van der Waals surface area (Å²) in [6, 6.07) is 2.91. The van der Waals surface area contributed by atoms with Gasteiger partial charge in [0.25, 0.3) is 0 Å². The minimum absolute atomic E-state index is 0.247. The molecule has 7 heteroatoms. The van der Waals surface area contributed by atoms with E-state index in [1.165, 1.54) is 6.07 Å². The topological polar surface area (TPSA) is 20.2 Å². The maximum atomic E-state index is 13.8. The number of halogens is 5. The normalized spacial score (nSPS) is 11.9. The zero-order valence-corrected chi connectivity index (χ0v) is 11.0. The number of hydrogen-bond donors (Lipinski definition) is 1. The van der Waals surface area contributed by atoms with Crippen LogP contribution in [0.1, 0.15) is 16.0 Å². The number of aryl methyl sites for hydroxylation is 1. The first-order valence-corrected chi connectivity index (χ1v) is 6.33. The Morgan fingerprint density at radius 3 is 2.30 bits per heavy atom. The van der Waals surface area contributed by atoms with Gasteiger partial charge < -0.3 is 5.11 Å². The standard InChI is InChI=1S/C13H9F5OS/c1-6-4-9(20-10(6)5-19)7-2-3-8(13(16,17)18)12(15)11(7)14/h2-4,19H,5H2,1H3. The largest absolute Gasteiger partial charge is 0.419 e. The Morgan fingerprint density at radius 2 is 1.80 bits per heavy atom. The number of rotatable bonds is 2. The Labute approximate surface area is 115 Å². The Kier molecular flexibility index (Phi) is 3.84. The monoisotopic (exact) mass is 308 g/mol. The summed E-state index contributed by atoms with van der Waals surface area (Å²) in [5.41, 5.74) is -1.20. The molecule has 1 nitrogen and oxygen atoms in total. The van der Waals surface area contributed by atoms with Crippen molar-refractivity contribution >= 4 is 11.3 Å². The molecule has 0 unspecified atom stereocenters. The molecule has 0 aliphatic heterocycles. The molecule has 108 valence electrons. The smallest absolute Gasteiger partial charge is 0.391 e. The average Bonchev–Trinajstić information content (AvgIpc) is 2.72. The fraction of sp³-hybridized carbons (Fsp3) is 0.231. The van der Waals surface area contributed by atoms with Gasteiger partial charge in [-0.2, -0.15) is 13.2 Å². The Hall–Kier alpha value is -1.47. The molecule has 0 aliphatic rings. The molecular weight excluding hydrogens is 299 g/mol. The number of thiophene rings is 1. The summed E-state index contributed by atoms with van der Waals surface area (Å²) < 4.78 is 64.6. The van der Waals surface area contributed by atoms with E-state index in [-0.39, 0.29) is 17.0 Å². The highest BCUT2D eigenvalue weighted by Gasteiger charge is 2.36. The van der Waals surface area contributed by atoms with Gasteiger partial charge in [-0.1, -0.05) is 0 Å². The van der Waals surface area contributed by atoms with Crippen LogP contribution in [0.4, 0.5) is 22.0 Å². The number of benzene rings is 1. The molecule has 2 rings (SSSR count). The lowest BCUT2D eigenvalue weighted by molar-refractivity contribution is -0.140. The van der Waals surface area contributed by atoms with Crippen LogP contribution < -0.4 is 0 Å². The van der Waals surface area contributed by atoms with Gasteiger partial charge in [-0.25, -0.2) is 8.78 Å². The van der Waals surface area contributed by atoms with E-state index < -0.39 is 23.4 Å². The molecule has 1 aromatic carbocycles. The first-order chi connectivity index (χ1) is 9.25. The van der Waals surface area contributed by atoms with Gasteiger partial charge in [0.1, 0.15) is 0 Å². The second-order valence-electron chi connectivity index (χ2n) is 4.16. The molecule has 0 spiro atoms. The highest BCUT2D eigenvalue weighted by atomic mass is 32.1. The summed E-state index contributed by atoms with van der Waals surface area (Å²) in [5, 5.41) is 9.05. The minimum Gasteiger partial charge on any atom is -0.391 e. The van der Waals surface area contributed by atoms with Crippen molar-refractivity contribution < 1.29 is 27.1 Å². The third kappa shape index (κ3) is 2.55. The van der Waals surface area contributed by atoms with Crippen LogP contribution in [0.3, 0.4) is 0 Å². The SMILES string of the molecule is Cc1cc(-c2ccc(C(F)(F)F)c(F)c2F)sc1CO. The third-order valence-electron chi connectivity index (χ3n) is 2.82. The molecule has 0 saturated carbocycles. The summed E-state index contributed by atoms with van der Waals surface area (Å²) in [6.45, 7) is 1.41. The lowest BCUT2D eigenvalue weighted by Crippen LogP contribution is -2.09. The van der Waals surface area contributed by atoms with E-state index in [4.69, 9.17) is 5.11 Å². The van der Waals surface area contributed by atoms with E-state index in [2.05, 4.69) is 0 Å². The second-order valence-corrected chi connectivity index (χ2v) is 5.30. The first-order valence-electron chi connectivity index (χ1n) is 5.51. The van der Waals surface area contributed by atoms with Gasteiger partial charge in [-0.15, -0.1) is 11.3 Å². The van der Waals surface area contributed by atoms with Crippen molar-refractivity contribution in [2.24, 2.45) is 0 Å². The Morgan fingerprint density at radius 1 is 1.15 bits per heavy atom. The minimum atomic E-state index is -4.94. The van der Waals surface area contributed by atoms with Crippen LogP contribution in [0.2, 0.25) is 0 Å². The summed E-state index contributed by atoms with van der Waals surface area (Å²) >= 11 is 1.01. The van der Waals surface area contributed by atoms with Crippen molar-refractivity contribution in [2.75, 3.05) is 0 Å². The van der Waals surface area contributed by atoms with E-state index in [0.29, 0.717) is 16.5 Å². The predicted octanol–water partition coefficient (Wildman–Crippen LogP) is 4.51. The molecule has 0 amide bonds. The van der Waals surface area contributed by atoms with E-state index in [0.717, 1.165) is 17.4 Å². The van der Waals surface area contributed by atoms with Crippen LogP contribution in [0.25, 0.3) is 10.4 Å². The lowest BCUT2D eigenvalue weighted by atomic mass is 10.1. The summed E-state index contributed by atoms with van der Waals surface area (Å²) in [7, 11) is 0. The van der Waals surface area contributed by atoms with Gasteiger partial charge in [0, 0.05) is 15.3 Å². The molecule has 0 saturated heterocycles. The van der Waals surface area contributed by atoms with Crippen molar-refractivity contribution in [1.29, 1.82) is 0 Å². The Bertz CT molecular complexity index is 645. The molecule has 1 N–H and O–H groups in total. The zero-order chi connectivity index (χ0) is 15.1. The molecule has 0 aliphatic carbocycles. The van der Waals surface area contributed by atoms with E-state index >= 15 is 0 Å². The summed E-state index contributed by atoms with van der Waals surface area (Å²) in [6.07, 6.45) is -4.94. The van der Waals surface area contributed by atoms with Crippen LogP contribution in [-0.2, 0) is 12.8 Å². The van der Waals surface area contributed by atoms with Crippen molar-refractivity contribution in [1.82, 2.24) is 0 Å². The van der Waals surface area contributed by atoms with Crippen molar-refractivity contribution in [3.8, 4) is 10.4 Å². The van der Waals surface area contributed by atoms with E-state index in [1.807, 2.05) is 0 Å². The van der Waals surface area contributed by atoms with Gasteiger partial charge >= 0.3 is 6.18 Å². The van der Waals surface area contributed by atoms with Crippen molar-refractivity contribution in [3.05, 3.63) is 45.8 Å². The van der Waals surface area contributed by atoms with Crippen LogP contribution in [0, 0.1) is 18.6 Å². The predicted molar refractivity (Wildman–Crippen MR) is 65.3 cm³/mol. The van der Waals surface area contributed by atoms with Crippen LogP contribution >= 0.6 is 11.3 Å². The maximum Gasteiger partial charge on any atom is 0.419 e. The number of aliphatic hydroxyl groups is 1. The molecule has 0 fully saturated rings. The number of alkyl halides is 3. The van der Waals surface area contributed by atoms with Crippen LogP contribution in [0.5, 0.6) is 0 Å². The van der Waals surface area contributed by atoms with Crippen LogP contribution in [0.15, 0.2) is 18.2 Å². The van der Waals surface area contributed by atoms with Crippen molar-refractivity contribution in [3.63, 3.8) is 0 Å². The van der Waals surface area contributed by atoms with Gasteiger partial charge in [0.05, 0.1) is 12.2 Å². The lowest BCUT2D eigenvalue weighted by Gasteiger charge is -2.10. The maximum absolute atomic E-state index is 13.8. The second kappa shape index (κ2) is 5.14. The number of hydrogen-bond acceptors (Lipinski definition) is 2. The number of aliphatic hydroxyl groups excluding tert-OH is 1. The molecule has 1 aromatic heterocycles. The first kappa shape index (κ1) is 14.9. The quantitative estimate of drug-likeness (QED) is 0.809. The van der Waals surface area contributed by atoms with E-state index in [1.54, 1.807) is 6.92 Å². The van der Waals surface area contributed by atoms with Crippen LogP contribution in [-0.4, -0.2) is 5.11 Å². The summed E-state index contributed by atoms with van der Waals surface area (Å²) in [4.78, 5) is 0.830. The summed E-state index contributed by atoms with van der Waals surface area (Å²) in [5.74, 6) is -3.45. The van der Waals surface area contributed by atoms with Crippen molar-refractivity contribution in [2.45, 2.75) is 19.7 Å². The molecule has 0 atom stereocenters. The van der Waals surface area contributed by atoms with Gasteiger partial charge in [0.2, 0.25) is 0 Å². The van der Waals surface area contributed by atoms with E-state index in [9.17, 15) is 22.0 Å². The van der Waals surface area contributed by atoms with Gasteiger partial charge in [0.15, 0.2) is 11.6 Å². The molecule has 20 heavy (non-hydrogen) atoms. The Balaban J connectivity index is 2.56. The molecule has 1 heterocycles. The third-order valence-corrected chi connectivity index (χ3v) is 4.07. The molecule has 0 bridgehead atoms. The zero-order valence-electron chi connectivity index (χ0n) is 10.2. The van der Waals surface area contributed by atoms with Gasteiger partial charge in [-0.3, -0.25) is 0 Å². The fourth-order valence-electron chi connectivity index (χ4n) is 1.77. The molecule has 2 aromatic rings. The fourth-order valence-corrected chi connectivity index (χ4v) is 2.82. The highest BCUT2D eigenvalue weighted by molar-refractivity contribution is 7.15. The molecular formula is C13H9F5OS. The average molecular weight is 308 g/mol. The highest BCUT2D eigenvalue weighted by Crippen LogP contribution is 2.38. The van der Waals surface area contributed by atoms with Gasteiger partial charge in [-0.05, 0) is 30.7 Å².